The van der Waals surface area contributed by atoms with Crippen LogP contribution in [0.5, 0.6) is 0 Å². The molecule has 0 amide bonds. The molecule has 29 heavy (non-hydrogen) atoms. The molecule has 3 aromatic rings. The lowest BCUT2D eigenvalue weighted by Crippen LogP contribution is -2.14. The summed E-state index contributed by atoms with van der Waals surface area (Å²) in [6.45, 7) is 4.20. The van der Waals surface area contributed by atoms with Gasteiger partial charge in [0.05, 0.1) is 21.1 Å². The third-order valence-electron chi connectivity index (χ3n) is 4.86. The fourth-order valence-corrected chi connectivity index (χ4v) is 5.17. The van der Waals surface area contributed by atoms with Gasteiger partial charge in [-0.3, -0.25) is 0 Å². The zero-order valence-electron chi connectivity index (χ0n) is 16.2. The van der Waals surface area contributed by atoms with Crippen LogP contribution < -0.4 is 0 Å². The summed E-state index contributed by atoms with van der Waals surface area (Å²) in [6, 6.07) is 20.4. The second-order valence-corrected chi connectivity index (χ2v) is 9.20. The number of aliphatic imine (C=N–C) groups is 2. The lowest BCUT2D eigenvalue weighted by molar-refractivity contribution is 0.209. The van der Waals surface area contributed by atoms with Crippen molar-refractivity contribution in [1.29, 1.82) is 0 Å². The minimum absolute atomic E-state index is 0.0234. The van der Waals surface area contributed by atoms with Gasteiger partial charge < -0.3 is 9.47 Å². The van der Waals surface area contributed by atoms with Crippen molar-refractivity contribution in [2.24, 2.45) is 9.98 Å². The van der Waals surface area contributed by atoms with E-state index in [4.69, 9.17) is 19.5 Å². The van der Waals surface area contributed by atoms with Crippen LogP contribution in [0.2, 0.25) is 0 Å². The highest BCUT2D eigenvalue weighted by Crippen LogP contribution is 2.41. The Morgan fingerprint density at radius 1 is 0.828 bits per heavy atom. The smallest absolute Gasteiger partial charge is 0.233 e. The summed E-state index contributed by atoms with van der Waals surface area (Å²) in [5.41, 5.74) is 4.15. The monoisotopic (exact) mass is 420 g/mol. The maximum atomic E-state index is 6.26. The highest BCUT2D eigenvalue weighted by Gasteiger charge is 2.27. The van der Waals surface area contributed by atoms with Gasteiger partial charge in [-0.25, -0.2) is 9.98 Å². The summed E-state index contributed by atoms with van der Waals surface area (Å²) >= 11 is 3.37. The number of ether oxygens (including phenoxy) is 2. The molecule has 0 fully saturated rings. The zero-order valence-corrected chi connectivity index (χ0v) is 17.8. The van der Waals surface area contributed by atoms with Crippen molar-refractivity contribution in [1.82, 2.24) is 0 Å². The van der Waals surface area contributed by atoms with E-state index in [1.54, 1.807) is 23.1 Å². The molecule has 0 saturated carbocycles. The third-order valence-corrected chi connectivity index (χ3v) is 6.91. The normalized spacial score (nSPS) is 19.9. The van der Waals surface area contributed by atoms with Crippen molar-refractivity contribution >= 4 is 46.3 Å². The maximum Gasteiger partial charge on any atom is 0.233 e. The highest BCUT2D eigenvalue weighted by atomic mass is 32.2. The van der Waals surface area contributed by atoms with Gasteiger partial charge in [-0.2, -0.15) is 0 Å². The number of thiophene rings is 1. The standard InChI is InChI=1S/C23H20N2O2S2/c1-3-28-23-16-9-5-7-11-18(16)25-22(27-23)20-13-12-19(29-20)21-24-17-10-6-4-8-15(17)14(2)26-21/h4-14,23H,3H2,1-2H3. The van der Waals surface area contributed by atoms with Crippen LogP contribution in [0.3, 0.4) is 0 Å². The van der Waals surface area contributed by atoms with E-state index >= 15 is 0 Å². The van der Waals surface area contributed by atoms with Crippen LogP contribution in [0.1, 0.15) is 46.3 Å². The van der Waals surface area contributed by atoms with Gasteiger partial charge in [-0.15, -0.1) is 23.1 Å². The molecule has 0 saturated heterocycles. The summed E-state index contributed by atoms with van der Waals surface area (Å²) in [6.07, 6.45) is -0.0234. The van der Waals surface area contributed by atoms with Crippen molar-refractivity contribution in [2.45, 2.75) is 25.4 Å². The predicted molar refractivity (Wildman–Crippen MR) is 121 cm³/mol. The van der Waals surface area contributed by atoms with Crippen molar-refractivity contribution in [2.75, 3.05) is 5.75 Å². The van der Waals surface area contributed by atoms with Gasteiger partial charge >= 0.3 is 0 Å². The van der Waals surface area contributed by atoms with E-state index in [0.29, 0.717) is 11.8 Å². The molecule has 2 unspecified atom stereocenters. The number of fused-ring (bicyclic) bond motifs is 2. The number of benzene rings is 2. The summed E-state index contributed by atoms with van der Waals surface area (Å²) < 4.78 is 12.4. The number of thioether (sulfide) groups is 1. The topological polar surface area (TPSA) is 43.2 Å². The van der Waals surface area contributed by atoms with E-state index in [1.807, 2.05) is 48.5 Å². The molecule has 6 heteroatoms. The largest absolute Gasteiger partial charge is 0.469 e. The number of para-hydroxylation sites is 2. The zero-order chi connectivity index (χ0) is 19.8. The molecule has 2 aromatic carbocycles. The third kappa shape index (κ3) is 3.47. The van der Waals surface area contributed by atoms with Crippen molar-refractivity contribution in [3.8, 4) is 0 Å². The molecule has 5 rings (SSSR count). The maximum absolute atomic E-state index is 6.26. The Hall–Kier alpha value is -2.57. The fraction of sp³-hybridized carbons (Fsp3) is 0.217. The first-order valence-corrected chi connectivity index (χ1v) is 11.5. The molecule has 2 aliphatic heterocycles. The molecule has 0 spiro atoms. The van der Waals surface area contributed by atoms with E-state index in [-0.39, 0.29) is 11.5 Å². The molecule has 4 nitrogen and oxygen atoms in total. The Morgan fingerprint density at radius 2 is 1.41 bits per heavy atom. The summed E-state index contributed by atoms with van der Waals surface area (Å²) in [7, 11) is 0. The van der Waals surface area contributed by atoms with E-state index in [0.717, 1.165) is 38.0 Å². The highest BCUT2D eigenvalue weighted by molar-refractivity contribution is 7.99. The Balaban J connectivity index is 1.48. The van der Waals surface area contributed by atoms with Gasteiger partial charge in [-0.05, 0) is 36.9 Å². The fourth-order valence-electron chi connectivity index (χ4n) is 3.46. The number of hydrogen-bond donors (Lipinski definition) is 0. The molecule has 2 atom stereocenters. The Labute approximate surface area is 178 Å². The van der Waals surface area contributed by atoms with E-state index < -0.39 is 0 Å². The molecule has 1 aromatic heterocycles. The van der Waals surface area contributed by atoms with Crippen LogP contribution in [0.15, 0.2) is 70.6 Å². The summed E-state index contributed by atoms with van der Waals surface area (Å²) in [5.74, 6) is 2.30. The van der Waals surface area contributed by atoms with Crippen LogP contribution in [0.25, 0.3) is 0 Å². The minimum atomic E-state index is -0.0376. The summed E-state index contributed by atoms with van der Waals surface area (Å²) in [4.78, 5) is 11.5. The van der Waals surface area contributed by atoms with E-state index in [9.17, 15) is 0 Å². The summed E-state index contributed by atoms with van der Waals surface area (Å²) in [5, 5.41) is 0. The van der Waals surface area contributed by atoms with Gasteiger partial charge in [-0.1, -0.05) is 43.3 Å². The van der Waals surface area contributed by atoms with Gasteiger partial charge in [0.2, 0.25) is 11.8 Å². The lowest BCUT2D eigenvalue weighted by atomic mass is 10.1. The number of hydrogen-bond acceptors (Lipinski definition) is 6. The van der Waals surface area contributed by atoms with Crippen LogP contribution in [0, 0.1) is 0 Å². The molecule has 0 N–H and O–H groups in total. The molecule has 146 valence electrons. The molecule has 3 heterocycles. The first-order valence-electron chi connectivity index (χ1n) is 9.63. The Kier molecular flexibility index (Phi) is 4.89. The first-order chi connectivity index (χ1) is 14.2. The predicted octanol–water partition coefficient (Wildman–Crippen LogP) is 6.78. The average Bonchev–Trinajstić information content (AvgIpc) is 3.24. The molecular weight excluding hydrogens is 400 g/mol. The van der Waals surface area contributed by atoms with Crippen molar-refractivity contribution in [3.63, 3.8) is 0 Å². The minimum Gasteiger partial charge on any atom is -0.469 e. The molecule has 0 bridgehead atoms. The Morgan fingerprint density at radius 3 is 2.10 bits per heavy atom. The van der Waals surface area contributed by atoms with Crippen molar-refractivity contribution < 1.29 is 9.47 Å². The van der Waals surface area contributed by atoms with Gasteiger partial charge in [0.15, 0.2) is 5.44 Å². The van der Waals surface area contributed by atoms with E-state index in [2.05, 4.69) is 26.0 Å². The van der Waals surface area contributed by atoms with Gasteiger partial charge in [0.1, 0.15) is 6.10 Å². The molecule has 2 aliphatic rings. The number of nitrogens with zero attached hydrogens (tertiary/aromatic N) is 2. The van der Waals surface area contributed by atoms with Crippen LogP contribution in [-0.2, 0) is 9.47 Å². The second kappa shape index (κ2) is 7.69. The van der Waals surface area contributed by atoms with Crippen LogP contribution >= 0.6 is 23.1 Å². The Bertz CT molecular complexity index is 1120. The molecule has 0 aliphatic carbocycles. The molecular formula is C23H20N2O2S2. The first kappa shape index (κ1) is 18.5. The second-order valence-electron chi connectivity index (χ2n) is 6.78. The number of rotatable bonds is 4. The van der Waals surface area contributed by atoms with Crippen LogP contribution in [-0.4, -0.2) is 17.5 Å². The quantitative estimate of drug-likeness (QED) is 0.467. The SMILES string of the molecule is CCSC1OC(c2ccc(C3=Nc4ccccc4C(C)O3)s2)=Nc2ccccc21. The van der Waals surface area contributed by atoms with Crippen molar-refractivity contribution in [3.05, 3.63) is 81.5 Å². The average molecular weight is 421 g/mol. The lowest BCUT2D eigenvalue weighted by Gasteiger charge is -2.24. The van der Waals surface area contributed by atoms with E-state index in [1.165, 1.54) is 0 Å². The van der Waals surface area contributed by atoms with Gasteiger partial charge in [0, 0.05) is 11.1 Å². The van der Waals surface area contributed by atoms with Gasteiger partial charge in [0.25, 0.3) is 0 Å². The van der Waals surface area contributed by atoms with Crippen LogP contribution in [0.4, 0.5) is 11.4 Å². The molecule has 0 radical (unpaired) electrons.